The highest BCUT2D eigenvalue weighted by Gasteiger charge is 2.31. The fourth-order valence-corrected chi connectivity index (χ4v) is 2.57. The third-order valence-electron chi connectivity index (χ3n) is 3.67. The number of nitrogens with zero attached hydrogens (tertiary/aromatic N) is 1. The number of fused-ring (bicyclic) bond motifs is 1. The molecule has 1 unspecified atom stereocenters. The number of hydrogen-bond acceptors (Lipinski definition) is 7. The Morgan fingerprint density at radius 2 is 2.00 bits per heavy atom. The zero-order valence-corrected chi connectivity index (χ0v) is 12.1. The van der Waals surface area contributed by atoms with Crippen LogP contribution in [0.2, 0.25) is 0 Å². The van der Waals surface area contributed by atoms with Gasteiger partial charge in [-0.3, -0.25) is 4.79 Å². The van der Waals surface area contributed by atoms with Crippen LogP contribution in [0.4, 0.5) is 5.69 Å². The summed E-state index contributed by atoms with van der Waals surface area (Å²) in [5, 5.41) is 22.4. The number of benzene rings is 2. The zero-order chi connectivity index (χ0) is 16.6. The molecule has 0 fully saturated rings. The van der Waals surface area contributed by atoms with Crippen LogP contribution in [0.5, 0.6) is 23.0 Å². The van der Waals surface area contributed by atoms with E-state index in [1.807, 2.05) is 0 Å². The monoisotopic (exact) mass is 315 g/mol. The van der Waals surface area contributed by atoms with Crippen LogP contribution in [0.3, 0.4) is 0 Å². The number of carbonyl (C=O) groups is 1. The largest absolute Gasteiger partial charge is 0.507 e. The molecular formula is C16H13NO6. The van der Waals surface area contributed by atoms with Crippen molar-refractivity contribution >= 4 is 11.5 Å². The van der Waals surface area contributed by atoms with E-state index in [-0.39, 0.29) is 40.7 Å². The van der Waals surface area contributed by atoms with Gasteiger partial charge in [0.05, 0.1) is 13.5 Å². The minimum Gasteiger partial charge on any atom is -0.507 e. The topological polar surface area (TPSA) is 105 Å². The molecule has 2 N–H and O–H groups in total. The number of phenols is 2. The SMILES string of the molecule is COc1ccc(C2CC(=O)c3c(O)cc(N=O)cc3O2)cc1O. The van der Waals surface area contributed by atoms with E-state index < -0.39 is 6.10 Å². The van der Waals surface area contributed by atoms with Gasteiger partial charge in [-0.2, -0.15) is 0 Å². The first kappa shape index (κ1) is 14.8. The highest BCUT2D eigenvalue weighted by molar-refractivity contribution is 6.03. The van der Waals surface area contributed by atoms with Crippen molar-refractivity contribution in [2.24, 2.45) is 5.18 Å². The Balaban J connectivity index is 2.00. The number of nitroso groups, excluding NO2 is 1. The van der Waals surface area contributed by atoms with Crippen molar-refractivity contribution in [3.8, 4) is 23.0 Å². The van der Waals surface area contributed by atoms with E-state index in [9.17, 15) is 19.9 Å². The van der Waals surface area contributed by atoms with Gasteiger partial charge in [0.1, 0.15) is 28.9 Å². The number of carbonyl (C=O) groups excluding carboxylic acids is 1. The number of aromatic hydroxyl groups is 2. The van der Waals surface area contributed by atoms with E-state index in [0.29, 0.717) is 11.3 Å². The molecule has 0 saturated heterocycles. The first-order valence-corrected chi connectivity index (χ1v) is 6.80. The molecule has 7 nitrogen and oxygen atoms in total. The summed E-state index contributed by atoms with van der Waals surface area (Å²) >= 11 is 0. The van der Waals surface area contributed by atoms with Gasteiger partial charge in [-0.25, -0.2) is 0 Å². The normalized spacial score (nSPS) is 16.4. The van der Waals surface area contributed by atoms with Gasteiger partial charge in [0.25, 0.3) is 0 Å². The van der Waals surface area contributed by atoms with Gasteiger partial charge in [-0.15, -0.1) is 4.91 Å². The van der Waals surface area contributed by atoms with Crippen LogP contribution in [-0.4, -0.2) is 23.1 Å². The van der Waals surface area contributed by atoms with E-state index in [0.717, 1.165) is 6.07 Å². The summed E-state index contributed by atoms with van der Waals surface area (Å²) in [7, 11) is 1.43. The number of hydrogen-bond donors (Lipinski definition) is 2. The molecule has 0 aliphatic carbocycles. The molecule has 0 amide bonds. The number of rotatable bonds is 3. The molecule has 2 aromatic rings. The Labute approximate surface area is 131 Å². The lowest BCUT2D eigenvalue weighted by atomic mass is 9.95. The van der Waals surface area contributed by atoms with Crippen molar-refractivity contribution in [1.82, 2.24) is 0 Å². The van der Waals surface area contributed by atoms with Gasteiger partial charge in [-0.1, -0.05) is 6.07 Å². The molecule has 1 atom stereocenters. The molecule has 0 bridgehead atoms. The van der Waals surface area contributed by atoms with Gasteiger partial charge in [-0.05, 0) is 22.9 Å². The summed E-state index contributed by atoms with van der Waals surface area (Å²) in [6.07, 6.45) is -0.645. The van der Waals surface area contributed by atoms with E-state index >= 15 is 0 Å². The van der Waals surface area contributed by atoms with E-state index in [2.05, 4.69) is 5.18 Å². The van der Waals surface area contributed by atoms with Crippen molar-refractivity contribution in [3.05, 3.63) is 46.4 Å². The van der Waals surface area contributed by atoms with Crippen LogP contribution in [0.1, 0.15) is 28.4 Å². The summed E-state index contributed by atoms with van der Waals surface area (Å²) < 4.78 is 10.7. The smallest absolute Gasteiger partial charge is 0.174 e. The molecular weight excluding hydrogens is 302 g/mol. The molecule has 2 aromatic carbocycles. The quantitative estimate of drug-likeness (QED) is 0.842. The number of ketones is 1. The lowest BCUT2D eigenvalue weighted by Gasteiger charge is -2.26. The predicted octanol–water partition coefficient (Wildman–Crippen LogP) is 3.21. The van der Waals surface area contributed by atoms with Crippen molar-refractivity contribution in [2.45, 2.75) is 12.5 Å². The first-order chi connectivity index (χ1) is 11.0. The van der Waals surface area contributed by atoms with Crippen LogP contribution in [0.15, 0.2) is 35.5 Å². The number of ether oxygens (including phenoxy) is 2. The molecule has 0 spiro atoms. The molecule has 0 saturated carbocycles. The second kappa shape index (κ2) is 5.60. The Bertz CT molecular complexity index is 801. The van der Waals surface area contributed by atoms with Crippen molar-refractivity contribution in [3.63, 3.8) is 0 Å². The number of phenolic OH excluding ortho intramolecular Hbond substituents is 2. The van der Waals surface area contributed by atoms with Gasteiger partial charge in [0.15, 0.2) is 17.3 Å². The maximum atomic E-state index is 12.3. The summed E-state index contributed by atoms with van der Waals surface area (Å²) in [6.45, 7) is 0. The standard InChI is InChI=1S/C16H13NO6/c1-22-13-3-2-8(4-10(13)18)14-7-12(20)16-11(19)5-9(17-21)6-15(16)23-14/h2-6,14,18-19H,7H2,1H3. The zero-order valence-electron chi connectivity index (χ0n) is 12.1. The molecule has 7 heteroatoms. The van der Waals surface area contributed by atoms with Crippen molar-refractivity contribution < 1.29 is 24.5 Å². The van der Waals surface area contributed by atoms with Crippen LogP contribution in [-0.2, 0) is 0 Å². The third kappa shape index (κ3) is 2.57. The maximum Gasteiger partial charge on any atom is 0.174 e. The maximum absolute atomic E-state index is 12.3. The van der Waals surface area contributed by atoms with Gasteiger partial charge >= 0.3 is 0 Å². The molecule has 1 aliphatic rings. The summed E-state index contributed by atoms with van der Waals surface area (Å²) in [4.78, 5) is 22.9. The summed E-state index contributed by atoms with van der Waals surface area (Å²) in [5.74, 6) is -0.324. The lowest BCUT2D eigenvalue weighted by molar-refractivity contribution is 0.0845. The summed E-state index contributed by atoms with van der Waals surface area (Å²) in [5.41, 5.74) is 0.574. The molecule has 0 aromatic heterocycles. The molecule has 3 rings (SSSR count). The Kier molecular flexibility index (Phi) is 3.61. The van der Waals surface area contributed by atoms with Crippen LogP contribution >= 0.6 is 0 Å². The molecule has 0 radical (unpaired) electrons. The average Bonchev–Trinajstić information content (AvgIpc) is 2.53. The summed E-state index contributed by atoms with van der Waals surface area (Å²) in [6, 6.07) is 7.10. The minimum absolute atomic E-state index is 0.000192. The lowest BCUT2D eigenvalue weighted by Crippen LogP contribution is -2.20. The highest BCUT2D eigenvalue weighted by atomic mass is 16.5. The van der Waals surface area contributed by atoms with Crippen molar-refractivity contribution in [2.75, 3.05) is 7.11 Å². The molecule has 1 heterocycles. The fourth-order valence-electron chi connectivity index (χ4n) is 2.57. The third-order valence-corrected chi connectivity index (χ3v) is 3.67. The first-order valence-electron chi connectivity index (χ1n) is 6.80. The Morgan fingerprint density at radius 1 is 1.22 bits per heavy atom. The van der Waals surface area contributed by atoms with E-state index in [4.69, 9.17) is 9.47 Å². The van der Waals surface area contributed by atoms with Gasteiger partial charge in [0, 0.05) is 12.1 Å². The second-order valence-electron chi connectivity index (χ2n) is 5.09. The fraction of sp³-hybridized carbons (Fsp3) is 0.188. The second-order valence-corrected chi connectivity index (χ2v) is 5.09. The average molecular weight is 315 g/mol. The molecule has 1 aliphatic heterocycles. The minimum atomic E-state index is -0.645. The van der Waals surface area contributed by atoms with Crippen LogP contribution < -0.4 is 9.47 Å². The van der Waals surface area contributed by atoms with Gasteiger partial charge < -0.3 is 19.7 Å². The Morgan fingerprint density at radius 3 is 2.65 bits per heavy atom. The number of methoxy groups -OCH3 is 1. The van der Waals surface area contributed by atoms with Gasteiger partial charge in [0.2, 0.25) is 0 Å². The van der Waals surface area contributed by atoms with E-state index in [1.54, 1.807) is 12.1 Å². The van der Waals surface area contributed by atoms with E-state index in [1.165, 1.54) is 19.2 Å². The number of Topliss-reactive ketones (excluding diaryl/α,β-unsaturated/α-hetero) is 1. The highest BCUT2D eigenvalue weighted by Crippen LogP contribution is 2.42. The van der Waals surface area contributed by atoms with Crippen LogP contribution in [0, 0.1) is 4.91 Å². The van der Waals surface area contributed by atoms with Crippen molar-refractivity contribution in [1.29, 1.82) is 0 Å². The molecule has 118 valence electrons. The Hall–Kier alpha value is -3.09. The van der Waals surface area contributed by atoms with Crippen LogP contribution in [0.25, 0.3) is 0 Å². The predicted molar refractivity (Wildman–Crippen MR) is 80.5 cm³/mol. The molecule has 23 heavy (non-hydrogen) atoms.